The lowest BCUT2D eigenvalue weighted by molar-refractivity contribution is -0.120. The van der Waals surface area contributed by atoms with E-state index in [2.05, 4.69) is 5.32 Å². The van der Waals surface area contributed by atoms with Crippen LogP contribution in [-0.2, 0) is 11.2 Å². The van der Waals surface area contributed by atoms with Crippen LogP contribution in [0.25, 0.3) is 0 Å². The SMILES string of the molecule is CCC(=O)NCCc1cc(Cl)c(Cl)c(C=O)c1. The minimum atomic E-state index is 0.000622. The second-order valence-corrected chi connectivity index (χ2v) is 4.34. The molecule has 1 N–H and O–H groups in total. The average Bonchev–Trinajstić information content (AvgIpc) is 2.33. The summed E-state index contributed by atoms with van der Waals surface area (Å²) in [6, 6.07) is 3.38. The Morgan fingerprint density at radius 3 is 2.71 bits per heavy atom. The van der Waals surface area contributed by atoms with Gasteiger partial charge in [-0.3, -0.25) is 9.59 Å². The van der Waals surface area contributed by atoms with Crippen molar-refractivity contribution in [1.29, 1.82) is 0 Å². The third-order valence-electron chi connectivity index (χ3n) is 2.30. The maximum atomic E-state index is 11.0. The van der Waals surface area contributed by atoms with Crippen LogP contribution in [0, 0.1) is 0 Å². The monoisotopic (exact) mass is 273 g/mol. The van der Waals surface area contributed by atoms with E-state index in [1.165, 1.54) is 0 Å². The van der Waals surface area contributed by atoms with E-state index in [9.17, 15) is 9.59 Å². The first-order valence-electron chi connectivity index (χ1n) is 5.28. The summed E-state index contributed by atoms with van der Waals surface area (Å²) in [5.74, 6) is 0.000622. The van der Waals surface area contributed by atoms with E-state index < -0.39 is 0 Å². The van der Waals surface area contributed by atoms with Crippen molar-refractivity contribution in [3.8, 4) is 0 Å². The predicted molar refractivity (Wildman–Crippen MR) is 68.9 cm³/mol. The second-order valence-electron chi connectivity index (χ2n) is 3.55. The van der Waals surface area contributed by atoms with Crippen molar-refractivity contribution < 1.29 is 9.59 Å². The highest BCUT2D eigenvalue weighted by atomic mass is 35.5. The Bertz CT molecular complexity index is 433. The quantitative estimate of drug-likeness (QED) is 0.839. The maximum Gasteiger partial charge on any atom is 0.219 e. The summed E-state index contributed by atoms with van der Waals surface area (Å²) >= 11 is 11.7. The molecule has 1 amide bonds. The van der Waals surface area contributed by atoms with Gasteiger partial charge in [0, 0.05) is 18.5 Å². The van der Waals surface area contributed by atoms with Crippen molar-refractivity contribution in [2.24, 2.45) is 0 Å². The molecule has 5 heteroatoms. The van der Waals surface area contributed by atoms with Gasteiger partial charge in [0.2, 0.25) is 5.91 Å². The highest BCUT2D eigenvalue weighted by Crippen LogP contribution is 2.26. The Labute approximate surface area is 110 Å². The first-order chi connectivity index (χ1) is 8.08. The van der Waals surface area contributed by atoms with Gasteiger partial charge in [-0.05, 0) is 24.1 Å². The molecule has 3 nitrogen and oxygen atoms in total. The molecule has 0 unspecified atom stereocenters. The number of amides is 1. The van der Waals surface area contributed by atoms with Crippen LogP contribution in [-0.4, -0.2) is 18.7 Å². The van der Waals surface area contributed by atoms with E-state index in [4.69, 9.17) is 23.2 Å². The predicted octanol–water partition coefficient (Wildman–Crippen LogP) is 2.87. The molecule has 0 atom stereocenters. The largest absolute Gasteiger partial charge is 0.356 e. The standard InChI is InChI=1S/C12H13Cl2NO2/c1-2-11(17)15-4-3-8-5-9(7-16)12(14)10(13)6-8/h5-7H,2-4H2,1H3,(H,15,17). The summed E-state index contributed by atoms with van der Waals surface area (Å²) in [6.45, 7) is 2.31. The van der Waals surface area contributed by atoms with Gasteiger partial charge in [-0.15, -0.1) is 0 Å². The number of benzene rings is 1. The third kappa shape index (κ3) is 4.02. The van der Waals surface area contributed by atoms with Crippen LogP contribution in [0.15, 0.2) is 12.1 Å². The molecule has 1 aromatic rings. The third-order valence-corrected chi connectivity index (χ3v) is 3.12. The molecular weight excluding hydrogens is 261 g/mol. The van der Waals surface area contributed by atoms with Gasteiger partial charge in [0.15, 0.2) is 6.29 Å². The Hall–Kier alpha value is -1.06. The summed E-state index contributed by atoms with van der Waals surface area (Å²) in [6.07, 6.45) is 1.74. The fraction of sp³-hybridized carbons (Fsp3) is 0.333. The van der Waals surface area contributed by atoms with Crippen molar-refractivity contribution in [2.45, 2.75) is 19.8 Å². The van der Waals surface area contributed by atoms with Crippen LogP contribution in [0.3, 0.4) is 0 Å². The van der Waals surface area contributed by atoms with E-state index in [1.54, 1.807) is 19.1 Å². The molecule has 0 spiro atoms. The fourth-order valence-corrected chi connectivity index (χ4v) is 1.77. The Kier molecular flexibility index (Phi) is 5.45. The van der Waals surface area contributed by atoms with Crippen molar-refractivity contribution in [3.63, 3.8) is 0 Å². The molecule has 17 heavy (non-hydrogen) atoms. The molecular formula is C12H13Cl2NO2. The van der Waals surface area contributed by atoms with Gasteiger partial charge in [0.25, 0.3) is 0 Å². The minimum absolute atomic E-state index is 0.000622. The van der Waals surface area contributed by atoms with Crippen molar-refractivity contribution in [3.05, 3.63) is 33.3 Å². The molecule has 0 aliphatic heterocycles. The Balaban J connectivity index is 2.69. The molecule has 0 bridgehead atoms. The topological polar surface area (TPSA) is 46.2 Å². The first kappa shape index (κ1) is 14.0. The smallest absolute Gasteiger partial charge is 0.219 e. The van der Waals surface area contributed by atoms with E-state index in [1.807, 2.05) is 0 Å². The van der Waals surface area contributed by atoms with Gasteiger partial charge >= 0.3 is 0 Å². The molecule has 0 aromatic heterocycles. The maximum absolute atomic E-state index is 11.0. The summed E-state index contributed by atoms with van der Waals surface area (Å²) in [5.41, 5.74) is 1.24. The summed E-state index contributed by atoms with van der Waals surface area (Å²) < 4.78 is 0. The van der Waals surface area contributed by atoms with Crippen molar-refractivity contribution in [1.82, 2.24) is 5.32 Å². The first-order valence-corrected chi connectivity index (χ1v) is 6.03. The molecule has 92 valence electrons. The van der Waals surface area contributed by atoms with Gasteiger partial charge < -0.3 is 5.32 Å². The second kappa shape index (κ2) is 6.62. The van der Waals surface area contributed by atoms with E-state index in [0.29, 0.717) is 36.3 Å². The van der Waals surface area contributed by atoms with Crippen LogP contribution >= 0.6 is 23.2 Å². The highest BCUT2D eigenvalue weighted by Gasteiger charge is 2.07. The fourth-order valence-electron chi connectivity index (χ4n) is 1.37. The van der Waals surface area contributed by atoms with Crippen LogP contribution in [0.2, 0.25) is 10.0 Å². The Morgan fingerprint density at radius 2 is 2.12 bits per heavy atom. The minimum Gasteiger partial charge on any atom is -0.356 e. The van der Waals surface area contributed by atoms with Crippen molar-refractivity contribution >= 4 is 35.4 Å². The van der Waals surface area contributed by atoms with Gasteiger partial charge in [-0.25, -0.2) is 0 Å². The average molecular weight is 274 g/mol. The number of hydrogen-bond acceptors (Lipinski definition) is 2. The van der Waals surface area contributed by atoms with Crippen LogP contribution in [0.4, 0.5) is 0 Å². The number of hydrogen-bond donors (Lipinski definition) is 1. The number of halogens is 2. The molecule has 0 saturated carbocycles. The lowest BCUT2D eigenvalue weighted by atomic mass is 10.1. The zero-order valence-electron chi connectivity index (χ0n) is 9.43. The molecule has 1 rings (SSSR count). The molecule has 0 aliphatic carbocycles. The van der Waals surface area contributed by atoms with Gasteiger partial charge in [-0.1, -0.05) is 30.1 Å². The van der Waals surface area contributed by atoms with E-state index in [0.717, 1.165) is 5.56 Å². The number of carbonyl (C=O) groups is 2. The molecule has 0 fully saturated rings. The number of rotatable bonds is 5. The lowest BCUT2D eigenvalue weighted by Gasteiger charge is -2.07. The van der Waals surface area contributed by atoms with E-state index in [-0.39, 0.29) is 10.9 Å². The lowest BCUT2D eigenvalue weighted by Crippen LogP contribution is -2.24. The number of aldehydes is 1. The van der Waals surface area contributed by atoms with Gasteiger partial charge in [0.05, 0.1) is 10.0 Å². The Morgan fingerprint density at radius 1 is 1.41 bits per heavy atom. The summed E-state index contributed by atoms with van der Waals surface area (Å²) in [5, 5.41) is 3.37. The normalized spacial score (nSPS) is 10.1. The summed E-state index contributed by atoms with van der Waals surface area (Å²) in [4.78, 5) is 21.8. The van der Waals surface area contributed by atoms with Crippen LogP contribution in [0.5, 0.6) is 0 Å². The van der Waals surface area contributed by atoms with Crippen LogP contribution in [0.1, 0.15) is 29.3 Å². The number of nitrogens with one attached hydrogen (secondary N) is 1. The zero-order valence-corrected chi connectivity index (χ0v) is 10.9. The highest BCUT2D eigenvalue weighted by molar-refractivity contribution is 6.43. The van der Waals surface area contributed by atoms with Crippen LogP contribution < -0.4 is 5.32 Å². The molecule has 0 aliphatic rings. The van der Waals surface area contributed by atoms with Gasteiger partial charge in [-0.2, -0.15) is 0 Å². The number of carbonyl (C=O) groups excluding carboxylic acids is 2. The van der Waals surface area contributed by atoms with Crippen molar-refractivity contribution in [2.75, 3.05) is 6.54 Å². The van der Waals surface area contributed by atoms with E-state index >= 15 is 0 Å². The molecule has 0 saturated heterocycles. The molecule has 0 heterocycles. The zero-order chi connectivity index (χ0) is 12.8. The van der Waals surface area contributed by atoms with Gasteiger partial charge in [0.1, 0.15) is 0 Å². The molecule has 1 aromatic carbocycles. The summed E-state index contributed by atoms with van der Waals surface area (Å²) in [7, 11) is 0. The molecule has 0 radical (unpaired) electrons.